The second-order valence-electron chi connectivity index (χ2n) is 5.89. The summed E-state index contributed by atoms with van der Waals surface area (Å²) in [6, 6.07) is 15.4. The lowest BCUT2D eigenvalue weighted by Crippen LogP contribution is -2.17. The fourth-order valence-electron chi connectivity index (χ4n) is 3.21. The van der Waals surface area contributed by atoms with Crippen molar-refractivity contribution in [2.24, 2.45) is 0 Å². The van der Waals surface area contributed by atoms with Gasteiger partial charge in [-0.25, -0.2) is 0 Å². The minimum atomic E-state index is 0.573. The smallest absolute Gasteiger partial charge is 0.127 e. The average Bonchev–Trinajstić information content (AvgIpc) is 3.13. The molecule has 0 aromatic heterocycles. The standard InChI is InChI=1S/C18H18ClNO/c19-15-8-13-6-7-21-18(13)14(9-15)11-20-17-10-16(17)12-4-2-1-3-5-12/h1-5,8-9,16-17,20H,6-7,10-11H2. The monoisotopic (exact) mass is 299 g/mol. The van der Waals surface area contributed by atoms with Crippen LogP contribution in [0.3, 0.4) is 0 Å². The van der Waals surface area contributed by atoms with Gasteiger partial charge in [-0.15, -0.1) is 0 Å². The Bertz CT molecular complexity index is 656. The van der Waals surface area contributed by atoms with E-state index in [1.165, 1.54) is 23.1 Å². The number of fused-ring (bicyclic) bond motifs is 1. The summed E-state index contributed by atoms with van der Waals surface area (Å²) in [4.78, 5) is 0. The van der Waals surface area contributed by atoms with Crippen molar-refractivity contribution in [3.05, 3.63) is 64.2 Å². The molecule has 0 amide bonds. The van der Waals surface area contributed by atoms with Crippen LogP contribution in [0.5, 0.6) is 5.75 Å². The molecule has 1 saturated carbocycles. The molecule has 3 heteroatoms. The summed E-state index contributed by atoms with van der Waals surface area (Å²) in [5.74, 6) is 1.70. The van der Waals surface area contributed by atoms with Crippen LogP contribution in [0, 0.1) is 0 Å². The van der Waals surface area contributed by atoms with Crippen LogP contribution in [-0.2, 0) is 13.0 Å². The molecular formula is C18H18ClNO. The number of ether oxygens (including phenoxy) is 1. The van der Waals surface area contributed by atoms with Crippen LogP contribution in [0.25, 0.3) is 0 Å². The molecule has 2 nitrogen and oxygen atoms in total. The van der Waals surface area contributed by atoms with Crippen LogP contribution in [-0.4, -0.2) is 12.6 Å². The predicted octanol–water partition coefficient (Wildman–Crippen LogP) is 3.92. The van der Waals surface area contributed by atoms with Crippen molar-refractivity contribution < 1.29 is 4.74 Å². The van der Waals surface area contributed by atoms with Crippen LogP contribution >= 0.6 is 11.6 Å². The first-order chi connectivity index (χ1) is 10.3. The third-order valence-electron chi connectivity index (χ3n) is 4.40. The van der Waals surface area contributed by atoms with Gasteiger partial charge in [-0.05, 0) is 29.7 Å². The summed E-state index contributed by atoms with van der Waals surface area (Å²) in [5, 5.41) is 4.45. The fourth-order valence-corrected chi connectivity index (χ4v) is 3.47. The van der Waals surface area contributed by atoms with Gasteiger partial charge in [0.15, 0.2) is 0 Å². The molecule has 21 heavy (non-hydrogen) atoms. The van der Waals surface area contributed by atoms with E-state index in [1.807, 2.05) is 12.1 Å². The molecule has 108 valence electrons. The Morgan fingerprint density at radius 2 is 2.05 bits per heavy atom. The maximum Gasteiger partial charge on any atom is 0.127 e. The lowest BCUT2D eigenvalue weighted by molar-refractivity contribution is 0.352. The molecule has 0 saturated heterocycles. The number of benzene rings is 2. The summed E-state index contributed by atoms with van der Waals surface area (Å²) < 4.78 is 5.75. The predicted molar refractivity (Wildman–Crippen MR) is 85.1 cm³/mol. The number of hydrogen-bond donors (Lipinski definition) is 1. The highest BCUT2D eigenvalue weighted by atomic mass is 35.5. The number of halogens is 1. The Morgan fingerprint density at radius 3 is 2.90 bits per heavy atom. The normalized spacial score (nSPS) is 22.7. The van der Waals surface area contributed by atoms with Crippen molar-refractivity contribution >= 4 is 11.6 Å². The summed E-state index contributed by atoms with van der Waals surface area (Å²) in [6.07, 6.45) is 2.19. The van der Waals surface area contributed by atoms with Crippen LogP contribution in [0.15, 0.2) is 42.5 Å². The van der Waals surface area contributed by atoms with E-state index in [1.54, 1.807) is 0 Å². The van der Waals surface area contributed by atoms with Crippen molar-refractivity contribution in [2.45, 2.75) is 31.3 Å². The van der Waals surface area contributed by atoms with Crippen LogP contribution < -0.4 is 10.1 Å². The zero-order chi connectivity index (χ0) is 14.2. The second-order valence-corrected chi connectivity index (χ2v) is 6.33. The summed E-state index contributed by atoms with van der Waals surface area (Å²) in [6.45, 7) is 1.61. The first kappa shape index (κ1) is 13.2. The van der Waals surface area contributed by atoms with Crippen molar-refractivity contribution in [2.75, 3.05) is 6.61 Å². The molecule has 1 aliphatic carbocycles. The Balaban J connectivity index is 1.43. The van der Waals surface area contributed by atoms with Crippen LogP contribution in [0.1, 0.15) is 29.0 Å². The minimum absolute atomic E-state index is 0.573. The molecule has 1 heterocycles. The van der Waals surface area contributed by atoms with Gasteiger partial charge in [0.25, 0.3) is 0 Å². The van der Waals surface area contributed by atoms with Crippen molar-refractivity contribution in [3.63, 3.8) is 0 Å². The summed E-state index contributed by atoms with van der Waals surface area (Å²) >= 11 is 6.20. The molecule has 2 aromatic rings. The quantitative estimate of drug-likeness (QED) is 0.924. The van der Waals surface area contributed by atoms with Crippen molar-refractivity contribution in [1.29, 1.82) is 0 Å². The lowest BCUT2D eigenvalue weighted by atomic mass is 10.1. The SMILES string of the molecule is Clc1cc2c(c(CNC3CC3c3ccccc3)c1)OCC2. The maximum absolute atomic E-state index is 6.20. The van der Waals surface area contributed by atoms with Gasteiger partial charge in [0.05, 0.1) is 6.61 Å². The van der Waals surface area contributed by atoms with E-state index >= 15 is 0 Å². The van der Waals surface area contributed by atoms with E-state index in [9.17, 15) is 0 Å². The van der Waals surface area contributed by atoms with E-state index in [4.69, 9.17) is 16.3 Å². The first-order valence-corrected chi connectivity index (χ1v) is 7.91. The van der Waals surface area contributed by atoms with Crippen LogP contribution in [0.2, 0.25) is 5.02 Å². The molecule has 1 N–H and O–H groups in total. The van der Waals surface area contributed by atoms with E-state index in [2.05, 4.69) is 35.6 Å². The number of hydrogen-bond acceptors (Lipinski definition) is 2. The van der Waals surface area contributed by atoms with Gasteiger partial charge < -0.3 is 10.1 Å². The van der Waals surface area contributed by atoms with Gasteiger partial charge in [-0.3, -0.25) is 0 Å². The fraction of sp³-hybridized carbons (Fsp3) is 0.333. The third kappa shape index (κ3) is 2.66. The molecule has 2 unspecified atom stereocenters. The van der Waals surface area contributed by atoms with Crippen molar-refractivity contribution in [1.82, 2.24) is 5.32 Å². The van der Waals surface area contributed by atoms with E-state index in [0.29, 0.717) is 12.0 Å². The molecule has 2 aromatic carbocycles. The van der Waals surface area contributed by atoms with E-state index in [0.717, 1.165) is 30.3 Å². The number of rotatable bonds is 4. The Morgan fingerprint density at radius 1 is 1.19 bits per heavy atom. The Kier molecular flexibility index (Phi) is 3.36. The number of nitrogens with one attached hydrogen (secondary N) is 1. The molecule has 4 rings (SSSR count). The zero-order valence-electron chi connectivity index (χ0n) is 11.8. The molecule has 1 aliphatic heterocycles. The molecule has 0 spiro atoms. The highest BCUT2D eigenvalue weighted by Gasteiger charge is 2.37. The molecule has 2 atom stereocenters. The summed E-state index contributed by atoms with van der Waals surface area (Å²) in [5.41, 5.74) is 3.87. The van der Waals surface area contributed by atoms with Gasteiger partial charge in [-0.1, -0.05) is 41.9 Å². The molecule has 0 radical (unpaired) electrons. The van der Waals surface area contributed by atoms with Gasteiger partial charge >= 0.3 is 0 Å². The minimum Gasteiger partial charge on any atom is -0.493 e. The van der Waals surface area contributed by atoms with Gasteiger partial charge in [0.1, 0.15) is 5.75 Å². The van der Waals surface area contributed by atoms with E-state index in [-0.39, 0.29) is 0 Å². The van der Waals surface area contributed by atoms with Gasteiger partial charge in [0, 0.05) is 35.5 Å². The average molecular weight is 300 g/mol. The summed E-state index contributed by atoms with van der Waals surface area (Å²) in [7, 11) is 0. The maximum atomic E-state index is 6.20. The topological polar surface area (TPSA) is 21.3 Å². The van der Waals surface area contributed by atoms with E-state index < -0.39 is 0 Å². The third-order valence-corrected chi connectivity index (χ3v) is 4.62. The molecular weight excluding hydrogens is 282 g/mol. The Labute approximate surface area is 130 Å². The largest absolute Gasteiger partial charge is 0.493 e. The highest BCUT2D eigenvalue weighted by Crippen LogP contribution is 2.41. The van der Waals surface area contributed by atoms with Crippen LogP contribution in [0.4, 0.5) is 0 Å². The molecule has 2 aliphatic rings. The second kappa shape index (κ2) is 5.36. The Hall–Kier alpha value is -1.51. The zero-order valence-corrected chi connectivity index (χ0v) is 12.6. The lowest BCUT2D eigenvalue weighted by Gasteiger charge is -2.10. The highest BCUT2D eigenvalue weighted by molar-refractivity contribution is 6.30. The molecule has 0 bridgehead atoms. The van der Waals surface area contributed by atoms with Gasteiger partial charge in [-0.2, -0.15) is 0 Å². The molecule has 1 fully saturated rings. The van der Waals surface area contributed by atoms with Crippen molar-refractivity contribution in [3.8, 4) is 5.75 Å². The van der Waals surface area contributed by atoms with Gasteiger partial charge in [0.2, 0.25) is 0 Å². The first-order valence-electron chi connectivity index (χ1n) is 7.54.